The molecule has 2 fully saturated rings. The second kappa shape index (κ2) is 12.0. The maximum atomic E-state index is 10.8. The van der Waals surface area contributed by atoms with Gasteiger partial charge in [-0.1, -0.05) is 6.08 Å². The molecule has 3 rings (SSSR count). The van der Waals surface area contributed by atoms with Gasteiger partial charge in [-0.05, 0) is 69.4 Å². The van der Waals surface area contributed by atoms with E-state index in [0.717, 1.165) is 18.4 Å². The lowest BCUT2D eigenvalue weighted by molar-refractivity contribution is -0.160. The summed E-state index contributed by atoms with van der Waals surface area (Å²) in [5.74, 6) is 5.69. The molecule has 182 valence electrons. The maximum Gasteiger partial charge on any atom is 0.404 e. The van der Waals surface area contributed by atoms with Crippen molar-refractivity contribution in [1.29, 1.82) is 0 Å². The Morgan fingerprint density at radius 3 is 2.00 bits per heavy atom. The molecule has 0 aromatic carbocycles. The third kappa shape index (κ3) is 7.16. The fourth-order valence-corrected chi connectivity index (χ4v) is 4.74. The van der Waals surface area contributed by atoms with E-state index in [9.17, 15) is 20.1 Å². The lowest BCUT2D eigenvalue weighted by atomic mass is 9.81. The zero-order valence-corrected chi connectivity index (χ0v) is 18.3. The second-order valence-corrected chi connectivity index (χ2v) is 8.91. The topological polar surface area (TPSA) is 167 Å². The number of carbonyl (C=O) groups is 1. The minimum absolute atomic E-state index is 0.00917. The summed E-state index contributed by atoms with van der Waals surface area (Å²) in [7, 11) is 0. The third-order valence-corrected chi connectivity index (χ3v) is 6.72. The summed E-state index contributed by atoms with van der Waals surface area (Å²) in [6, 6.07) is 0. The molecular formula is C22H36N2O8. The summed E-state index contributed by atoms with van der Waals surface area (Å²) < 4.78 is 16.6. The van der Waals surface area contributed by atoms with E-state index >= 15 is 0 Å². The van der Waals surface area contributed by atoms with Crippen molar-refractivity contribution in [2.45, 2.75) is 95.3 Å². The molecular weight excluding hydrogens is 420 g/mol. The van der Waals surface area contributed by atoms with Crippen molar-refractivity contribution in [2.24, 2.45) is 23.5 Å². The molecule has 32 heavy (non-hydrogen) atoms. The SMILES string of the molecule is NOC(O)C1CCC(C(O)OC2=CC=C(C(O)OC3CCC(OC(N)=O)CC3)CC2)CC1. The quantitative estimate of drug-likeness (QED) is 0.256. The largest absolute Gasteiger partial charge is 0.469 e. The number of primary amides is 1. The summed E-state index contributed by atoms with van der Waals surface area (Å²) in [6.45, 7) is 0. The molecule has 0 heterocycles. The molecule has 0 aromatic rings. The summed E-state index contributed by atoms with van der Waals surface area (Å²) in [6.07, 6.45) is 6.36. The number of allylic oxidation sites excluding steroid dienone is 3. The van der Waals surface area contributed by atoms with Gasteiger partial charge in [0.2, 0.25) is 0 Å². The maximum absolute atomic E-state index is 10.8. The summed E-state index contributed by atoms with van der Waals surface area (Å²) in [5.41, 5.74) is 5.81. The molecule has 3 aliphatic rings. The molecule has 0 aliphatic heterocycles. The zero-order chi connectivity index (χ0) is 23.1. The molecule has 10 nitrogen and oxygen atoms in total. The van der Waals surface area contributed by atoms with Crippen LogP contribution >= 0.6 is 0 Å². The van der Waals surface area contributed by atoms with Crippen molar-refractivity contribution in [3.63, 3.8) is 0 Å². The van der Waals surface area contributed by atoms with Crippen LogP contribution in [0.2, 0.25) is 0 Å². The van der Waals surface area contributed by atoms with Crippen LogP contribution in [0.1, 0.15) is 64.2 Å². The van der Waals surface area contributed by atoms with Crippen molar-refractivity contribution in [3.05, 3.63) is 23.5 Å². The van der Waals surface area contributed by atoms with Crippen molar-refractivity contribution in [3.8, 4) is 0 Å². The van der Waals surface area contributed by atoms with E-state index in [1.807, 2.05) is 0 Å². The van der Waals surface area contributed by atoms with E-state index < -0.39 is 25.0 Å². The average Bonchev–Trinajstić information content (AvgIpc) is 2.80. The summed E-state index contributed by atoms with van der Waals surface area (Å²) in [4.78, 5) is 15.3. The van der Waals surface area contributed by atoms with Gasteiger partial charge in [0.1, 0.15) is 6.10 Å². The molecule has 0 spiro atoms. The Morgan fingerprint density at radius 1 is 0.875 bits per heavy atom. The highest BCUT2D eigenvalue weighted by molar-refractivity contribution is 5.64. The van der Waals surface area contributed by atoms with E-state index in [2.05, 4.69) is 4.84 Å². The van der Waals surface area contributed by atoms with Gasteiger partial charge in [-0.2, -0.15) is 0 Å². The highest BCUT2D eigenvalue weighted by Crippen LogP contribution is 2.35. The first kappa shape index (κ1) is 24.9. The van der Waals surface area contributed by atoms with E-state index in [1.165, 1.54) is 0 Å². The molecule has 0 radical (unpaired) electrons. The summed E-state index contributed by atoms with van der Waals surface area (Å²) >= 11 is 0. The number of carbonyl (C=O) groups excluding carboxylic acids is 1. The first-order valence-electron chi connectivity index (χ1n) is 11.4. The molecule has 0 saturated heterocycles. The number of rotatable bonds is 9. The molecule has 7 N–H and O–H groups in total. The minimum Gasteiger partial charge on any atom is -0.469 e. The monoisotopic (exact) mass is 456 g/mol. The van der Waals surface area contributed by atoms with Gasteiger partial charge in [0, 0.05) is 18.3 Å². The van der Waals surface area contributed by atoms with Crippen LogP contribution in [-0.2, 0) is 19.0 Å². The van der Waals surface area contributed by atoms with Gasteiger partial charge in [0.15, 0.2) is 18.9 Å². The Balaban J connectivity index is 1.40. The van der Waals surface area contributed by atoms with Crippen LogP contribution in [0.3, 0.4) is 0 Å². The fraction of sp³-hybridized carbons (Fsp3) is 0.773. The van der Waals surface area contributed by atoms with Gasteiger partial charge in [-0.25, -0.2) is 10.7 Å². The standard InChI is InChI=1S/C22H36N2O8/c23-22(28)31-18-11-9-17(10-12-18)30-20(26)14-5-7-16(8-6-14)29-19(25)13-1-3-15(4-2-13)21(27)32-24/h5,7,13,15,17-21,25-27H,1-4,6,8-12,24H2,(H2,23,28). The molecule has 3 unspecified atom stereocenters. The first-order valence-corrected chi connectivity index (χ1v) is 11.4. The molecule has 3 aliphatic carbocycles. The van der Waals surface area contributed by atoms with E-state index in [0.29, 0.717) is 57.1 Å². The van der Waals surface area contributed by atoms with Crippen molar-refractivity contribution >= 4 is 6.09 Å². The first-order chi connectivity index (χ1) is 15.4. The third-order valence-electron chi connectivity index (χ3n) is 6.72. The number of hydrogen-bond donors (Lipinski definition) is 5. The number of aliphatic hydroxyl groups excluding tert-OH is 3. The number of amides is 1. The van der Waals surface area contributed by atoms with Gasteiger partial charge in [0.25, 0.3) is 0 Å². The molecule has 0 aromatic heterocycles. The smallest absolute Gasteiger partial charge is 0.404 e. The van der Waals surface area contributed by atoms with E-state index in [1.54, 1.807) is 12.2 Å². The predicted molar refractivity (Wildman–Crippen MR) is 113 cm³/mol. The molecule has 3 atom stereocenters. The van der Waals surface area contributed by atoms with Crippen LogP contribution in [0.4, 0.5) is 4.79 Å². The van der Waals surface area contributed by atoms with Crippen LogP contribution in [0.25, 0.3) is 0 Å². The van der Waals surface area contributed by atoms with Crippen LogP contribution < -0.4 is 11.6 Å². The number of aliphatic hydroxyl groups is 3. The Hall–Kier alpha value is -1.69. The van der Waals surface area contributed by atoms with Crippen LogP contribution in [0.15, 0.2) is 23.5 Å². The molecule has 0 bridgehead atoms. The molecule has 2 saturated carbocycles. The Labute approximate surface area is 188 Å². The van der Waals surface area contributed by atoms with Gasteiger partial charge < -0.3 is 35.3 Å². The zero-order valence-electron chi connectivity index (χ0n) is 18.3. The van der Waals surface area contributed by atoms with Gasteiger partial charge in [0.05, 0.1) is 11.9 Å². The lowest BCUT2D eigenvalue weighted by Crippen LogP contribution is -2.34. The van der Waals surface area contributed by atoms with Gasteiger partial charge in [-0.3, -0.25) is 4.84 Å². The van der Waals surface area contributed by atoms with Crippen LogP contribution in [0, 0.1) is 11.8 Å². The Morgan fingerprint density at radius 2 is 1.47 bits per heavy atom. The molecule has 1 amide bonds. The number of ether oxygens (including phenoxy) is 3. The fourth-order valence-electron chi connectivity index (χ4n) is 4.74. The number of nitrogens with two attached hydrogens (primary N) is 2. The Kier molecular flexibility index (Phi) is 9.33. The van der Waals surface area contributed by atoms with Crippen molar-refractivity contribution in [2.75, 3.05) is 0 Å². The highest BCUT2D eigenvalue weighted by Gasteiger charge is 2.32. The lowest BCUT2D eigenvalue weighted by Gasteiger charge is -2.33. The van der Waals surface area contributed by atoms with Crippen molar-refractivity contribution < 1.29 is 39.2 Å². The summed E-state index contributed by atoms with van der Waals surface area (Å²) in [5, 5.41) is 30.6. The predicted octanol–water partition coefficient (Wildman–Crippen LogP) is 1.68. The normalized spacial score (nSPS) is 31.6. The highest BCUT2D eigenvalue weighted by atomic mass is 16.7. The average molecular weight is 457 g/mol. The van der Waals surface area contributed by atoms with Crippen LogP contribution in [0.5, 0.6) is 0 Å². The van der Waals surface area contributed by atoms with E-state index in [4.69, 9.17) is 25.8 Å². The van der Waals surface area contributed by atoms with Gasteiger partial charge in [-0.15, -0.1) is 0 Å². The Bertz CT molecular complexity index is 669. The minimum atomic E-state index is -0.997. The van der Waals surface area contributed by atoms with Crippen molar-refractivity contribution in [1.82, 2.24) is 0 Å². The number of hydrogen-bond acceptors (Lipinski definition) is 9. The second-order valence-electron chi connectivity index (χ2n) is 8.91. The van der Waals surface area contributed by atoms with Crippen LogP contribution in [-0.4, -0.2) is 52.5 Å². The van der Waals surface area contributed by atoms with Gasteiger partial charge >= 0.3 is 6.09 Å². The molecule has 10 heteroatoms. The van der Waals surface area contributed by atoms with E-state index in [-0.39, 0.29) is 24.0 Å².